The minimum absolute atomic E-state index is 0.0208. The van der Waals surface area contributed by atoms with E-state index in [1.165, 1.54) is 0 Å². The van der Waals surface area contributed by atoms with Gasteiger partial charge in [-0.15, -0.1) is 0 Å². The Balaban J connectivity index is 1.82. The van der Waals surface area contributed by atoms with Gasteiger partial charge in [-0.25, -0.2) is 0 Å². The number of methoxy groups -OCH3 is 1. The molecule has 0 N–H and O–H groups in total. The molecule has 1 amide bonds. The summed E-state index contributed by atoms with van der Waals surface area (Å²) in [5, 5.41) is 0. The number of nitrogens with zero attached hydrogens (tertiary/aromatic N) is 2. The van der Waals surface area contributed by atoms with Crippen LogP contribution in [0.5, 0.6) is 5.75 Å². The second-order valence-electron chi connectivity index (χ2n) is 6.36. The summed E-state index contributed by atoms with van der Waals surface area (Å²) >= 11 is 0. The van der Waals surface area contributed by atoms with Gasteiger partial charge in [0.25, 0.3) is 5.91 Å². The van der Waals surface area contributed by atoms with E-state index in [9.17, 15) is 4.79 Å². The van der Waals surface area contributed by atoms with Gasteiger partial charge in [0.15, 0.2) is 0 Å². The fourth-order valence-corrected chi connectivity index (χ4v) is 3.14. The predicted octanol–water partition coefficient (Wildman–Crippen LogP) is 3.22. The first-order chi connectivity index (χ1) is 12.2. The molecule has 3 rings (SSSR count). The molecule has 1 fully saturated rings. The van der Waals surface area contributed by atoms with Gasteiger partial charge in [-0.05, 0) is 61.2 Å². The maximum Gasteiger partial charge on any atom is 0.254 e. The van der Waals surface area contributed by atoms with E-state index in [-0.39, 0.29) is 12.0 Å². The lowest BCUT2D eigenvalue weighted by molar-refractivity contribution is 0.0506. The number of aryl methyl sites for hydroxylation is 1. The zero-order valence-electron chi connectivity index (χ0n) is 14.8. The van der Waals surface area contributed by atoms with Crippen LogP contribution in [0.3, 0.4) is 0 Å². The minimum atomic E-state index is 0.0208. The quantitative estimate of drug-likeness (QED) is 0.810. The molecular formula is C20H24N2O3. The second-order valence-corrected chi connectivity index (χ2v) is 6.36. The van der Waals surface area contributed by atoms with Gasteiger partial charge in [0.05, 0.1) is 13.2 Å². The Bertz CT molecular complexity index is 712. The molecular weight excluding hydrogens is 316 g/mol. The molecule has 1 aromatic heterocycles. The number of hydrogen-bond donors (Lipinski definition) is 0. The number of carbonyl (C=O) groups excluding carboxylic acids is 1. The average Bonchev–Trinajstić information content (AvgIpc) is 3.14. The van der Waals surface area contributed by atoms with Crippen LogP contribution in [0.2, 0.25) is 0 Å². The molecule has 25 heavy (non-hydrogen) atoms. The van der Waals surface area contributed by atoms with Crippen LogP contribution >= 0.6 is 0 Å². The van der Waals surface area contributed by atoms with Crippen LogP contribution in [0, 0.1) is 6.92 Å². The van der Waals surface area contributed by atoms with E-state index in [4.69, 9.17) is 9.47 Å². The number of pyridine rings is 1. The van der Waals surface area contributed by atoms with Crippen molar-refractivity contribution in [3.63, 3.8) is 0 Å². The molecule has 0 radical (unpaired) electrons. The first-order valence-electron chi connectivity index (χ1n) is 8.62. The van der Waals surface area contributed by atoms with Gasteiger partial charge in [0, 0.05) is 37.7 Å². The molecule has 5 heteroatoms. The summed E-state index contributed by atoms with van der Waals surface area (Å²) in [6, 6.07) is 9.44. The van der Waals surface area contributed by atoms with Crippen molar-refractivity contribution in [2.75, 3.05) is 20.3 Å². The Morgan fingerprint density at radius 3 is 2.76 bits per heavy atom. The highest BCUT2D eigenvalue weighted by Crippen LogP contribution is 2.21. The van der Waals surface area contributed by atoms with Crippen LogP contribution < -0.4 is 4.74 Å². The monoisotopic (exact) mass is 340 g/mol. The van der Waals surface area contributed by atoms with Crippen LogP contribution in [-0.2, 0) is 11.3 Å². The van der Waals surface area contributed by atoms with Crippen molar-refractivity contribution in [2.24, 2.45) is 0 Å². The SMILES string of the molecule is COc1ccc(C(=O)N(Cc2ccncc2)C[C@H]2CCCO2)c(C)c1. The van der Waals surface area contributed by atoms with E-state index < -0.39 is 0 Å². The molecule has 1 aromatic carbocycles. The smallest absolute Gasteiger partial charge is 0.254 e. The molecule has 0 spiro atoms. The van der Waals surface area contributed by atoms with E-state index >= 15 is 0 Å². The molecule has 2 heterocycles. The largest absolute Gasteiger partial charge is 0.497 e. The molecule has 0 bridgehead atoms. The van der Waals surface area contributed by atoms with Crippen molar-refractivity contribution in [3.8, 4) is 5.75 Å². The van der Waals surface area contributed by atoms with Gasteiger partial charge in [0.1, 0.15) is 5.75 Å². The maximum absolute atomic E-state index is 13.2. The van der Waals surface area contributed by atoms with Crippen molar-refractivity contribution in [1.82, 2.24) is 9.88 Å². The summed E-state index contributed by atoms with van der Waals surface area (Å²) in [5.74, 6) is 0.779. The van der Waals surface area contributed by atoms with Crippen molar-refractivity contribution < 1.29 is 14.3 Å². The van der Waals surface area contributed by atoms with Gasteiger partial charge in [-0.3, -0.25) is 9.78 Å². The second kappa shape index (κ2) is 8.12. The van der Waals surface area contributed by atoms with E-state index in [0.29, 0.717) is 18.7 Å². The zero-order valence-corrected chi connectivity index (χ0v) is 14.8. The number of amides is 1. The highest BCUT2D eigenvalue weighted by atomic mass is 16.5. The lowest BCUT2D eigenvalue weighted by atomic mass is 10.1. The van der Waals surface area contributed by atoms with E-state index in [0.717, 1.165) is 36.3 Å². The molecule has 5 nitrogen and oxygen atoms in total. The van der Waals surface area contributed by atoms with Gasteiger partial charge in [-0.1, -0.05) is 0 Å². The highest BCUT2D eigenvalue weighted by Gasteiger charge is 2.24. The summed E-state index contributed by atoms with van der Waals surface area (Å²) in [5.41, 5.74) is 2.68. The van der Waals surface area contributed by atoms with E-state index in [2.05, 4.69) is 4.98 Å². The lowest BCUT2D eigenvalue weighted by Crippen LogP contribution is -2.37. The Labute approximate surface area is 148 Å². The first kappa shape index (κ1) is 17.4. The Kier molecular flexibility index (Phi) is 5.66. The van der Waals surface area contributed by atoms with Gasteiger partial charge < -0.3 is 14.4 Å². The van der Waals surface area contributed by atoms with Gasteiger partial charge >= 0.3 is 0 Å². The van der Waals surface area contributed by atoms with Crippen LogP contribution in [0.1, 0.15) is 34.3 Å². The first-order valence-corrected chi connectivity index (χ1v) is 8.62. The van der Waals surface area contributed by atoms with Crippen LogP contribution in [0.15, 0.2) is 42.7 Å². The van der Waals surface area contributed by atoms with E-state index in [1.807, 2.05) is 42.2 Å². The summed E-state index contributed by atoms with van der Waals surface area (Å²) < 4.78 is 11.0. The third-order valence-electron chi connectivity index (χ3n) is 4.52. The number of benzene rings is 1. The molecule has 0 aliphatic carbocycles. The van der Waals surface area contributed by atoms with Crippen molar-refractivity contribution in [2.45, 2.75) is 32.4 Å². The third-order valence-corrected chi connectivity index (χ3v) is 4.52. The summed E-state index contributed by atoms with van der Waals surface area (Å²) in [4.78, 5) is 19.1. The fraction of sp³-hybridized carbons (Fsp3) is 0.400. The number of rotatable bonds is 6. The Hall–Kier alpha value is -2.40. The van der Waals surface area contributed by atoms with Crippen molar-refractivity contribution in [1.29, 1.82) is 0 Å². The molecule has 1 aliphatic heterocycles. The summed E-state index contributed by atoms with van der Waals surface area (Å²) in [6.45, 7) is 3.87. The molecule has 0 saturated carbocycles. The standard InChI is InChI=1S/C20H24N2O3/c1-15-12-17(24-2)5-6-19(15)20(23)22(14-18-4-3-11-25-18)13-16-7-9-21-10-8-16/h5-10,12,18H,3-4,11,13-14H2,1-2H3/t18-/m1/s1. The molecule has 2 aromatic rings. The fourth-order valence-electron chi connectivity index (χ4n) is 3.14. The minimum Gasteiger partial charge on any atom is -0.497 e. The Morgan fingerprint density at radius 1 is 1.32 bits per heavy atom. The highest BCUT2D eigenvalue weighted by molar-refractivity contribution is 5.95. The Morgan fingerprint density at radius 2 is 2.12 bits per heavy atom. The topological polar surface area (TPSA) is 51.7 Å². The molecule has 1 atom stereocenters. The van der Waals surface area contributed by atoms with Gasteiger partial charge in [0.2, 0.25) is 0 Å². The predicted molar refractivity (Wildman–Crippen MR) is 95.7 cm³/mol. The molecule has 1 aliphatic rings. The van der Waals surface area contributed by atoms with Crippen molar-refractivity contribution >= 4 is 5.91 Å². The number of carbonyl (C=O) groups is 1. The number of hydrogen-bond acceptors (Lipinski definition) is 4. The lowest BCUT2D eigenvalue weighted by Gasteiger charge is -2.26. The number of ether oxygens (including phenoxy) is 2. The van der Waals surface area contributed by atoms with E-state index in [1.54, 1.807) is 19.5 Å². The molecule has 1 saturated heterocycles. The number of aromatic nitrogens is 1. The zero-order chi connectivity index (χ0) is 17.6. The third kappa shape index (κ3) is 4.37. The average molecular weight is 340 g/mol. The van der Waals surface area contributed by atoms with Gasteiger partial charge in [-0.2, -0.15) is 0 Å². The molecule has 132 valence electrons. The van der Waals surface area contributed by atoms with Crippen LogP contribution in [0.4, 0.5) is 0 Å². The summed E-state index contributed by atoms with van der Waals surface area (Å²) in [6.07, 6.45) is 5.68. The normalized spacial score (nSPS) is 16.6. The van der Waals surface area contributed by atoms with Crippen LogP contribution in [-0.4, -0.2) is 42.2 Å². The summed E-state index contributed by atoms with van der Waals surface area (Å²) in [7, 11) is 1.63. The molecule has 0 unspecified atom stereocenters. The van der Waals surface area contributed by atoms with Crippen molar-refractivity contribution in [3.05, 3.63) is 59.4 Å². The van der Waals surface area contributed by atoms with Crippen LogP contribution in [0.25, 0.3) is 0 Å². The maximum atomic E-state index is 13.2.